The van der Waals surface area contributed by atoms with E-state index in [0.29, 0.717) is 11.3 Å². The Kier molecular flexibility index (Phi) is 7.83. The summed E-state index contributed by atoms with van der Waals surface area (Å²) in [5.74, 6) is 0.407. The summed E-state index contributed by atoms with van der Waals surface area (Å²) in [5, 5.41) is 9.14. The summed E-state index contributed by atoms with van der Waals surface area (Å²) in [7, 11) is 0. The lowest BCUT2D eigenvalue weighted by atomic mass is 9.78. The average molecular weight is 283 g/mol. The summed E-state index contributed by atoms with van der Waals surface area (Å²) in [6, 6.07) is 0. The van der Waals surface area contributed by atoms with E-state index in [4.69, 9.17) is 5.11 Å². The minimum atomic E-state index is -0.698. The summed E-state index contributed by atoms with van der Waals surface area (Å²) in [5.41, 5.74) is -0.179. The van der Waals surface area contributed by atoms with Gasteiger partial charge in [0.2, 0.25) is 0 Å². The maximum absolute atomic E-state index is 11.1. The Labute approximate surface area is 126 Å². The van der Waals surface area contributed by atoms with E-state index in [1.807, 2.05) is 13.8 Å². The summed E-state index contributed by atoms with van der Waals surface area (Å²) < 4.78 is 0. The molecule has 2 atom stereocenters. The molecule has 1 radical (unpaired) electrons. The molecule has 0 aliphatic rings. The molecular formula is C18H35O2. The van der Waals surface area contributed by atoms with Crippen LogP contribution in [0, 0.1) is 29.1 Å². The van der Waals surface area contributed by atoms with Gasteiger partial charge in [-0.2, -0.15) is 0 Å². The number of hydrogen-bond donors (Lipinski definition) is 1. The molecule has 0 saturated heterocycles. The molecule has 0 aliphatic heterocycles. The zero-order valence-corrected chi connectivity index (χ0v) is 14.6. The van der Waals surface area contributed by atoms with Gasteiger partial charge in [0.15, 0.2) is 0 Å². The third-order valence-corrected chi connectivity index (χ3v) is 4.50. The van der Waals surface area contributed by atoms with E-state index in [1.165, 1.54) is 19.3 Å². The molecule has 0 fully saturated rings. The molecule has 2 unspecified atom stereocenters. The number of rotatable bonds is 10. The van der Waals surface area contributed by atoms with Gasteiger partial charge in [0.1, 0.15) is 0 Å². The number of carboxylic acid groups (broad SMARTS) is 1. The van der Waals surface area contributed by atoms with Crippen LogP contribution in [-0.2, 0) is 4.79 Å². The van der Waals surface area contributed by atoms with Crippen LogP contribution in [0.5, 0.6) is 0 Å². The molecule has 20 heavy (non-hydrogen) atoms. The summed E-state index contributed by atoms with van der Waals surface area (Å²) in [6.07, 6.45) is 7.83. The highest BCUT2D eigenvalue weighted by molar-refractivity contribution is 5.73. The first kappa shape index (κ1) is 19.5. The summed E-state index contributed by atoms with van der Waals surface area (Å²) in [4.78, 5) is 11.1. The topological polar surface area (TPSA) is 37.3 Å². The number of carbonyl (C=O) groups is 1. The second kappa shape index (κ2) is 8.05. The predicted octanol–water partition coefficient (Wildman–Crippen LogP) is 5.57. The fourth-order valence-electron chi connectivity index (χ4n) is 2.83. The van der Waals surface area contributed by atoms with Crippen molar-refractivity contribution in [1.29, 1.82) is 0 Å². The van der Waals surface area contributed by atoms with Crippen molar-refractivity contribution in [3.05, 3.63) is 6.42 Å². The maximum atomic E-state index is 11.1. The van der Waals surface area contributed by atoms with Gasteiger partial charge in [-0.1, -0.05) is 47.5 Å². The lowest BCUT2D eigenvalue weighted by Crippen LogP contribution is -2.26. The predicted molar refractivity (Wildman–Crippen MR) is 86.6 cm³/mol. The highest BCUT2D eigenvalue weighted by Crippen LogP contribution is 2.32. The first-order valence-electron chi connectivity index (χ1n) is 8.07. The second-order valence-corrected chi connectivity index (χ2v) is 8.01. The van der Waals surface area contributed by atoms with Crippen molar-refractivity contribution in [2.24, 2.45) is 22.7 Å². The zero-order valence-electron chi connectivity index (χ0n) is 14.6. The van der Waals surface area contributed by atoms with Crippen LogP contribution in [0.3, 0.4) is 0 Å². The van der Waals surface area contributed by atoms with Gasteiger partial charge in [-0.05, 0) is 56.8 Å². The lowest BCUT2D eigenvalue weighted by molar-refractivity contribution is -0.147. The Morgan fingerprint density at radius 1 is 1.15 bits per heavy atom. The number of carboxylic acids is 1. The van der Waals surface area contributed by atoms with E-state index in [0.717, 1.165) is 18.8 Å². The molecule has 0 amide bonds. The van der Waals surface area contributed by atoms with Crippen LogP contribution >= 0.6 is 0 Å². The van der Waals surface area contributed by atoms with Crippen molar-refractivity contribution < 1.29 is 9.90 Å². The van der Waals surface area contributed by atoms with Gasteiger partial charge < -0.3 is 5.11 Å². The van der Waals surface area contributed by atoms with Crippen molar-refractivity contribution in [1.82, 2.24) is 0 Å². The van der Waals surface area contributed by atoms with Crippen LogP contribution in [0.15, 0.2) is 0 Å². The molecule has 0 aromatic heterocycles. The standard InChI is InChI=1S/C18H35O2/c1-8-17(4,5)12-14(2)10-9-11-15(3)13-18(6,7)16(19)20/h11,14-15H,8-10,12-13H2,1-7H3,(H,19,20). The van der Waals surface area contributed by atoms with Crippen molar-refractivity contribution in [3.63, 3.8) is 0 Å². The van der Waals surface area contributed by atoms with Crippen LogP contribution in [0.25, 0.3) is 0 Å². The fourth-order valence-corrected chi connectivity index (χ4v) is 2.83. The highest BCUT2D eigenvalue weighted by atomic mass is 16.4. The lowest BCUT2D eigenvalue weighted by Gasteiger charge is -2.27. The molecular weight excluding hydrogens is 248 g/mol. The molecule has 0 heterocycles. The molecule has 0 bridgehead atoms. The van der Waals surface area contributed by atoms with Gasteiger partial charge in [-0.15, -0.1) is 0 Å². The second-order valence-electron chi connectivity index (χ2n) is 8.01. The van der Waals surface area contributed by atoms with Gasteiger partial charge in [-0.3, -0.25) is 4.79 Å². The molecule has 0 aromatic rings. The zero-order chi connectivity index (χ0) is 16.0. The Bertz CT molecular complexity index is 292. The fraction of sp³-hybridized carbons (Fsp3) is 0.889. The van der Waals surface area contributed by atoms with Crippen molar-refractivity contribution in [2.45, 2.75) is 80.6 Å². The van der Waals surface area contributed by atoms with Crippen LogP contribution in [0.2, 0.25) is 0 Å². The SMILES string of the molecule is CCC(C)(C)CC(C)CC[CH]C(C)CC(C)(C)C(=O)O. The highest BCUT2D eigenvalue weighted by Gasteiger charge is 2.29. The van der Waals surface area contributed by atoms with E-state index in [1.54, 1.807) is 0 Å². The first-order chi connectivity index (χ1) is 9.00. The quantitative estimate of drug-likeness (QED) is 0.569. The van der Waals surface area contributed by atoms with E-state index >= 15 is 0 Å². The van der Waals surface area contributed by atoms with Crippen LogP contribution in [-0.4, -0.2) is 11.1 Å². The Morgan fingerprint density at radius 3 is 2.15 bits per heavy atom. The molecule has 0 aliphatic carbocycles. The molecule has 0 aromatic carbocycles. The van der Waals surface area contributed by atoms with Gasteiger partial charge in [-0.25, -0.2) is 0 Å². The van der Waals surface area contributed by atoms with Gasteiger partial charge >= 0.3 is 5.97 Å². The third kappa shape index (κ3) is 7.91. The average Bonchev–Trinajstić information content (AvgIpc) is 2.27. The summed E-state index contributed by atoms with van der Waals surface area (Å²) >= 11 is 0. The molecule has 2 nitrogen and oxygen atoms in total. The van der Waals surface area contributed by atoms with E-state index in [-0.39, 0.29) is 0 Å². The minimum Gasteiger partial charge on any atom is -0.481 e. The minimum absolute atomic E-state index is 0.368. The van der Waals surface area contributed by atoms with Crippen molar-refractivity contribution >= 4 is 5.97 Å². The van der Waals surface area contributed by atoms with E-state index in [2.05, 4.69) is 41.0 Å². The molecule has 0 rings (SSSR count). The number of aliphatic carboxylic acids is 1. The van der Waals surface area contributed by atoms with Crippen LogP contribution in [0.1, 0.15) is 80.6 Å². The number of hydrogen-bond acceptors (Lipinski definition) is 1. The maximum Gasteiger partial charge on any atom is 0.309 e. The Morgan fingerprint density at radius 2 is 1.70 bits per heavy atom. The van der Waals surface area contributed by atoms with Gasteiger partial charge in [0.25, 0.3) is 0 Å². The first-order valence-corrected chi connectivity index (χ1v) is 8.07. The van der Waals surface area contributed by atoms with Crippen LogP contribution < -0.4 is 0 Å². The van der Waals surface area contributed by atoms with Crippen molar-refractivity contribution in [2.75, 3.05) is 0 Å². The normalized spacial score (nSPS) is 15.9. The largest absolute Gasteiger partial charge is 0.481 e. The van der Waals surface area contributed by atoms with E-state index in [9.17, 15) is 4.79 Å². The van der Waals surface area contributed by atoms with Crippen LogP contribution in [0.4, 0.5) is 0 Å². The monoisotopic (exact) mass is 283 g/mol. The molecule has 119 valence electrons. The molecule has 2 heteroatoms. The third-order valence-electron chi connectivity index (χ3n) is 4.50. The summed E-state index contributed by atoms with van der Waals surface area (Å²) in [6.45, 7) is 15.0. The smallest absolute Gasteiger partial charge is 0.309 e. The molecule has 0 spiro atoms. The van der Waals surface area contributed by atoms with Gasteiger partial charge in [0, 0.05) is 0 Å². The Hall–Kier alpha value is -0.530. The molecule has 1 N–H and O–H groups in total. The van der Waals surface area contributed by atoms with Gasteiger partial charge in [0.05, 0.1) is 5.41 Å². The van der Waals surface area contributed by atoms with E-state index < -0.39 is 11.4 Å². The van der Waals surface area contributed by atoms with Crippen molar-refractivity contribution in [3.8, 4) is 0 Å². The Balaban J connectivity index is 3.98. The molecule has 0 saturated carbocycles.